The van der Waals surface area contributed by atoms with Crippen molar-refractivity contribution in [3.63, 3.8) is 0 Å². The van der Waals surface area contributed by atoms with Crippen molar-refractivity contribution >= 4 is 22.6 Å². The Labute approximate surface area is 97.6 Å². The Hall–Kier alpha value is -1.05. The summed E-state index contributed by atoms with van der Waals surface area (Å²) in [6.45, 7) is 1.54. The van der Waals surface area contributed by atoms with E-state index in [1.54, 1.807) is 29.5 Å². The van der Waals surface area contributed by atoms with E-state index >= 15 is 0 Å². The van der Waals surface area contributed by atoms with E-state index in [0.717, 1.165) is 0 Å². The van der Waals surface area contributed by atoms with Gasteiger partial charge in [-0.3, -0.25) is 0 Å². The van der Waals surface area contributed by atoms with Gasteiger partial charge in [-0.05, 0) is 18.6 Å². The van der Waals surface area contributed by atoms with Crippen LogP contribution >= 0.6 is 22.6 Å². The summed E-state index contributed by atoms with van der Waals surface area (Å²) >= 11 is 1.77. The molecule has 0 amide bonds. The highest BCUT2D eigenvalue weighted by molar-refractivity contribution is 14.1. The number of rotatable bonds is 1. The van der Waals surface area contributed by atoms with Crippen molar-refractivity contribution in [2.45, 2.75) is 6.92 Å². The lowest BCUT2D eigenvalue weighted by Gasteiger charge is -2.02. The van der Waals surface area contributed by atoms with Crippen LogP contribution in [0, 0.1) is 22.5 Å². The Morgan fingerprint density at radius 2 is 2.00 bits per heavy atom. The van der Waals surface area contributed by atoms with E-state index in [-0.39, 0.29) is 15.4 Å². The van der Waals surface area contributed by atoms with Crippen LogP contribution in [-0.4, -0.2) is 10.2 Å². The van der Waals surface area contributed by atoms with Crippen LogP contribution < -0.4 is 0 Å². The number of hydrogen-bond acceptors (Lipinski definition) is 3. The van der Waals surface area contributed by atoms with E-state index in [4.69, 9.17) is 4.42 Å². The van der Waals surface area contributed by atoms with Gasteiger partial charge in [0.2, 0.25) is 0 Å². The Morgan fingerprint density at radius 1 is 1.27 bits per heavy atom. The number of aryl methyl sites for hydroxylation is 1. The van der Waals surface area contributed by atoms with Gasteiger partial charge in [-0.2, -0.15) is 0 Å². The van der Waals surface area contributed by atoms with Crippen molar-refractivity contribution in [2.24, 2.45) is 0 Å². The predicted octanol–water partition coefficient (Wildman–Crippen LogP) is 2.93. The summed E-state index contributed by atoms with van der Waals surface area (Å²) < 4.78 is 32.2. The van der Waals surface area contributed by atoms with Gasteiger partial charge in [0.05, 0.1) is 0 Å². The van der Waals surface area contributed by atoms with Gasteiger partial charge >= 0.3 is 0 Å². The molecule has 0 unspecified atom stereocenters. The molecule has 0 N–H and O–H groups in total. The second kappa shape index (κ2) is 3.84. The molecule has 0 aliphatic carbocycles. The molecule has 0 bridgehead atoms. The molecule has 2 aromatic rings. The molecule has 0 aliphatic heterocycles. The molecule has 0 saturated carbocycles. The van der Waals surface area contributed by atoms with Gasteiger partial charge in [-0.15, -0.1) is 10.2 Å². The SMILES string of the molecule is Cc1ccc(F)c(-c2nnc(I)o2)c1F. The van der Waals surface area contributed by atoms with Gasteiger partial charge < -0.3 is 4.42 Å². The largest absolute Gasteiger partial charge is 0.411 e. The quantitative estimate of drug-likeness (QED) is 0.758. The number of aromatic nitrogens is 2. The van der Waals surface area contributed by atoms with Crippen LogP contribution in [0.2, 0.25) is 0 Å². The van der Waals surface area contributed by atoms with Gasteiger partial charge in [0.15, 0.2) is 0 Å². The first-order valence-corrected chi connectivity index (χ1v) is 5.11. The van der Waals surface area contributed by atoms with Gasteiger partial charge in [0, 0.05) is 22.6 Å². The lowest BCUT2D eigenvalue weighted by molar-refractivity contribution is 0.517. The fourth-order valence-electron chi connectivity index (χ4n) is 1.16. The van der Waals surface area contributed by atoms with Crippen LogP contribution in [-0.2, 0) is 0 Å². The maximum Gasteiger partial charge on any atom is 0.278 e. The molecule has 15 heavy (non-hydrogen) atoms. The highest BCUT2D eigenvalue weighted by Crippen LogP contribution is 2.26. The van der Waals surface area contributed by atoms with Crippen molar-refractivity contribution in [1.82, 2.24) is 10.2 Å². The third kappa shape index (κ3) is 1.85. The monoisotopic (exact) mass is 322 g/mol. The Bertz CT molecular complexity index is 513. The minimum atomic E-state index is -0.710. The molecule has 1 heterocycles. The molecule has 0 aliphatic rings. The molecular weight excluding hydrogens is 317 g/mol. The molecule has 6 heteroatoms. The van der Waals surface area contributed by atoms with Crippen LogP contribution in [0.3, 0.4) is 0 Å². The van der Waals surface area contributed by atoms with Crippen molar-refractivity contribution in [1.29, 1.82) is 0 Å². The van der Waals surface area contributed by atoms with Crippen molar-refractivity contribution in [3.05, 3.63) is 33.2 Å². The molecule has 1 aromatic carbocycles. The minimum absolute atomic E-state index is 0.141. The molecule has 0 radical (unpaired) electrons. The Kier molecular flexibility index (Phi) is 2.68. The van der Waals surface area contributed by atoms with E-state index in [2.05, 4.69) is 10.2 Å². The molecule has 0 fully saturated rings. The summed E-state index contributed by atoms with van der Waals surface area (Å²) in [5.41, 5.74) is 0.0602. The summed E-state index contributed by atoms with van der Waals surface area (Å²) in [6, 6.07) is 2.53. The predicted molar refractivity (Wildman–Crippen MR) is 57.1 cm³/mol. The maximum atomic E-state index is 13.6. The summed E-state index contributed by atoms with van der Waals surface area (Å²) in [5.74, 6) is -1.52. The van der Waals surface area contributed by atoms with Crippen molar-refractivity contribution in [2.75, 3.05) is 0 Å². The van der Waals surface area contributed by atoms with Crippen molar-refractivity contribution < 1.29 is 13.2 Å². The van der Waals surface area contributed by atoms with Crippen LogP contribution in [0.4, 0.5) is 8.78 Å². The third-order valence-corrected chi connectivity index (χ3v) is 2.33. The number of halogens is 3. The first-order valence-electron chi connectivity index (χ1n) is 4.03. The Balaban J connectivity index is 2.66. The molecule has 78 valence electrons. The fraction of sp³-hybridized carbons (Fsp3) is 0.111. The molecule has 0 atom stereocenters. The highest BCUT2D eigenvalue weighted by atomic mass is 127. The van der Waals surface area contributed by atoms with E-state index in [0.29, 0.717) is 5.56 Å². The summed E-state index contributed by atoms with van der Waals surface area (Å²) in [6.07, 6.45) is 0. The van der Waals surface area contributed by atoms with Gasteiger partial charge in [-0.1, -0.05) is 6.07 Å². The maximum absolute atomic E-state index is 13.6. The lowest BCUT2D eigenvalue weighted by Crippen LogP contribution is -1.93. The van der Waals surface area contributed by atoms with Crippen LogP contribution in [0.5, 0.6) is 0 Å². The van der Waals surface area contributed by atoms with Crippen LogP contribution in [0.25, 0.3) is 11.5 Å². The van der Waals surface area contributed by atoms with Crippen molar-refractivity contribution in [3.8, 4) is 11.5 Å². The fourth-order valence-corrected chi connectivity index (χ4v) is 1.48. The third-order valence-electron chi connectivity index (χ3n) is 1.90. The molecule has 1 aromatic heterocycles. The first kappa shape index (κ1) is 10.5. The Morgan fingerprint density at radius 3 is 2.60 bits per heavy atom. The first-order chi connectivity index (χ1) is 7.09. The van der Waals surface area contributed by atoms with E-state index in [1.807, 2.05) is 0 Å². The number of benzene rings is 1. The second-order valence-electron chi connectivity index (χ2n) is 2.91. The number of nitrogens with zero attached hydrogens (tertiary/aromatic N) is 2. The smallest absolute Gasteiger partial charge is 0.278 e. The summed E-state index contributed by atoms with van der Waals surface area (Å²) in [7, 11) is 0. The molecule has 0 spiro atoms. The molecule has 2 rings (SSSR count). The zero-order valence-corrected chi connectivity index (χ0v) is 9.75. The van der Waals surface area contributed by atoms with E-state index in [1.165, 1.54) is 12.1 Å². The van der Waals surface area contributed by atoms with Gasteiger partial charge in [-0.25, -0.2) is 8.78 Å². The zero-order chi connectivity index (χ0) is 11.0. The molecule has 3 nitrogen and oxygen atoms in total. The lowest BCUT2D eigenvalue weighted by atomic mass is 10.1. The summed E-state index contributed by atoms with van der Waals surface area (Å²) in [5, 5.41) is 7.09. The average molecular weight is 322 g/mol. The van der Waals surface area contributed by atoms with E-state index in [9.17, 15) is 8.78 Å². The highest BCUT2D eigenvalue weighted by Gasteiger charge is 2.18. The number of hydrogen-bond donors (Lipinski definition) is 0. The summed E-state index contributed by atoms with van der Waals surface area (Å²) in [4.78, 5) is 0. The second-order valence-corrected chi connectivity index (χ2v) is 3.84. The average Bonchev–Trinajstić information content (AvgIpc) is 2.59. The topological polar surface area (TPSA) is 38.9 Å². The van der Waals surface area contributed by atoms with Gasteiger partial charge in [0.25, 0.3) is 9.79 Å². The van der Waals surface area contributed by atoms with Crippen LogP contribution in [0.15, 0.2) is 16.5 Å². The van der Waals surface area contributed by atoms with E-state index < -0.39 is 11.6 Å². The zero-order valence-electron chi connectivity index (χ0n) is 7.59. The molecular formula is C9H5F2IN2O. The minimum Gasteiger partial charge on any atom is -0.411 e. The normalized spacial score (nSPS) is 10.7. The van der Waals surface area contributed by atoms with Crippen LogP contribution in [0.1, 0.15) is 5.56 Å². The van der Waals surface area contributed by atoms with Gasteiger partial charge in [0.1, 0.15) is 17.2 Å². The molecule has 0 saturated heterocycles. The standard InChI is InChI=1S/C9H5F2IN2O/c1-4-2-3-5(10)6(7(4)11)8-13-14-9(12)15-8/h2-3H,1H3.